The first-order valence-electron chi connectivity index (χ1n) is 6.93. The lowest BCUT2D eigenvalue weighted by atomic mass is 9.98. The Kier molecular flexibility index (Phi) is 3.09. The first kappa shape index (κ1) is 11.5. The average molecular weight is 238 g/mol. The van der Waals surface area contributed by atoms with E-state index in [0.717, 1.165) is 39.0 Å². The van der Waals surface area contributed by atoms with E-state index < -0.39 is 0 Å². The summed E-state index contributed by atoms with van der Waals surface area (Å²) in [6, 6.07) is 0.703. The smallest absolute Gasteiger partial charge is 0.227 e. The van der Waals surface area contributed by atoms with Gasteiger partial charge in [-0.15, -0.1) is 0 Å². The molecule has 0 aromatic rings. The summed E-state index contributed by atoms with van der Waals surface area (Å²) in [7, 11) is 0. The number of morpholine rings is 1. The second kappa shape index (κ2) is 4.58. The van der Waals surface area contributed by atoms with Crippen LogP contribution in [0.1, 0.15) is 32.6 Å². The first-order chi connectivity index (χ1) is 8.27. The molecule has 3 aliphatic rings. The predicted molar refractivity (Wildman–Crippen MR) is 64.7 cm³/mol. The minimum Gasteiger partial charge on any atom is -0.374 e. The van der Waals surface area contributed by atoms with E-state index in [4.69, 9.17) is 4.74 Å². The molecule has 0 bridgehead atoms. The van der Waals surface area contributed by atoms with Gasteiger partial charge in [0.15, 0.2) is 0 Å². The number of nitrogens with zero attached hydrogens (tertiary/aromatic N) is 1. The van der Waals surface area contributed by atoms with Gasteiger partial charge >= 0.3 is 0 Å². The molecular weight excluding hydrogens is 216 g/mol. The van der Waals surface area contributed by atoms with Crippen molar-refractivity contribution in [3.8, 4) is 0 Å². The Labute approximate surface area is 103 Å². The third-order valence-corrected chi connectivity index (χ3v) is 4.61. The zero-order valence-corrected chi connectivity index (χ0v) is 10.5. The van der Waals surface area contributed by atoms with Crippen molar-refractivity contribution in [2.75, 3.05) is 19.7 Å². The molecule has 2 heterocycles. The van der Waals surface area contributed by atoms with Crippen LogP contribution in [0.4, 0.5) is 0 Å². The molecule has 1 aliphatic carbocycles. The number of hydrogen-bond donors (Lipinski definition) is 1. The molecule has 3 rings (SSSR count). The Morgan fingerprint density at radius 2 is 2.24 bits per heavy atom. The summed E-state index contributed by atoms with van der Waals surface area (Å²) < 4.78 is 5.76. The second-order valence-electron chi connectivity index (χ2n) is 5.58. The molecule has 96 valence electrons. The van der Waals surface area contributed by atoms with Crippen LogP contribution in [0.5, 0.6) is 0 Å². The van der Waals surface area contributed by atoms with Crippen LogP contribution in [-0.2, 0) is 9.53 Å². The summed E-state index contributed by atoms with van der Waals surface area (Å²) in [5.74, 6) is 0.553. The SMILES string of the molecule is CC1NCCC1C(=O)N1CCOC2CCCC21. The molecule has 0 aromatic carbocycles. The van der Waals surface area contributed by atoms with Gasteiger partial charge in [0.25, 0.3) is 0 Å². The average Bonchev–Trinajstić information content (AvgIpc) is 2.95. The number of rotatable bonds is 1. The van der Waals surface area contributed by atoms with Gasteiger partial charge in [0, 0.05) is 12.6 Å². The summed E-state index contributed by atoms with van der Waals surface area (Å²) in [4.78, 5) is 14.7. The van der Waals surface area contributed by atoms with Gasteiger partial charge in [-0.2, -0.15) is 0 Å². The minimum absolute atomic E-state index is 0.189. The Hall–Kier alpha value is -0.610. The quantitative estimate of drug-likeness (QED) is 0.733. The maximum Gasteiger partial charge on any atom is 0.227 e. The van der Waals surface area contributed by atoms with E-state index in [1.54, 1.807) is 0 Å². The fourth-order valence-corrected chi connectivity index (χ4v) is 3.61. The van der Waals surface area contributed by atoms with Crippen LogP contribution in [0.2, 0.25) is 0 Å². The molecule has 4 nitrogen and oxygen atoms in total. The number of carbonyl (C=O) groups excluding carboxylic acids is 1. The molecule has 1 N–H and O–H groups in total. The summed E-state index contributed by atoms with van der Waals surface area (Å²) >= 11 is 0. The Morgan fingerprint density at radius 3 is 3.00 bits per heavy atom. The Morgan fingerprint density at radius 1 is 1.35 bits per heavy atom. The number of carbonyl (C=O) groups is 1. The zero-order chi connectivity index (χ0) is 11.8. The van der Waals surface area contributed by atoms with Crippen molar-refractivity contribution in [3.63, 3.8) is 0 Å². The van der Waals surface area contributed by atoms with Crippen molar-refractivity contribution in [1.82, 2.24) is 10.2 Å². The monoisotopic (exact) mass is 238 g/mol. The largest absolute Gasteiger partial charge is 0.374 e. The van der Waals surface area contributed by atoms with Crippen molar-refractivity contribution >= 4 is 5.91 Å². The molecule has 0 spiro atoms. The minimum atomic E-state index is 0.189. The lowest BCUT2D eigenvalue weighted by Crippen LogP contribution is -2.54. The molecule has 0 aromatic heterocycles. The van der Waals surface area contributed by atoms with E-state index in [1.807, 2.05) is 0 Å². The number of fused-ring (bicyclic) bond motifs is 1. The van der Waals surface area contributed by atoms with Crippen LogP contribution >= 0.6 is 0 Å². The fraction of sp³-hybridized carbons (Fsp3) is 0.923. The molecular formula is C13H22N2O2. The van der Waals surface area contributed by atoms with Gasteiger partial charge < -0.3 is 15.0 Å². The summed E-state index contributed by atoms with van der Waals surface area (Å²) in [6.07, 6.45) is 4.78. The fourth-order valence-electron chi connectivity index (χ4n) is 3.61. The van der Waals surface area contributed by atoms with Crippen LogP contribution in [0.3, 0.4) is 0 Å². The second-order valence-corrected chi connectivity index (χ2v) is 5.58. The normalized spacial score (nSPS) is 41.6. The summed E-state index contributed by atoms with van der Waals surface area (Å²) in [5.41, 5.74) is 0. The van der Waals surface area contributed by atoms with Gasteiger partial charge in [-0.1, -0.05) is 0 Å². The molecule has 17 heavy (non-hydrogen) atoms. The molecule has 4 unspecified atom stereocenters. The number of hydrogen-bond acceptors (Lipinski definition) is 3. The van der Waals surface area contributed by atoms with Crippen LogP contribution < -0.4 is 5.32 Å². The molecule has 2 saturated heterocycles. The highest BCUT2D eigenvalue weighted by Gasteiger charge is 2.42. The van der Waals surface area contributed by atoms with Crippen molar-refractivity contribution in [3.05, 3.63) is 0 Å². The van der Waals surface area contributed by atoms with Gasteiger partial charge in [-0.05, 0) is 39.2 Å². The maximum atomic E-state index is 12.6. The van der Waals surface area contributed by atoms with Crippen molar-refractivity contribution in [2.45, 2.75) is 50.8 Å². The number of nitrogens with one attached hydrogen (secondary N) is 1. The molecule has 0 radical (unpaired) electrons. The lowest BCUT2D eigenvalue weighted by Gasteiger charge is -2.39. The molecule has 4 atom stereocenters. The van der Waals surface area contributed by atoms with E-state index >= 15 is 0 Å². The third kappa shape index (κ3) is 1.97. The maximum absolute atomic E-state index is 12.6. The van der Waals surface area contributed by atoms with E-state index in [9.17, 15) is 4.79 Å². The van der Waals surface area contributed by atoms with Crippen LogP contribution in [0, 0.1) is 5.92 Å². The van der Waals surface area contributed by atoms with Gasteiger partial charge in [0.1, 0.15) is 0 Å². The third-order valence-electron chi connectivity index (χ3n) is 4.61. The molecule has 3 fully saturated rings. The summed E-state index contributed by atoms with van der Waals surface area (Å²) in [5, 5.41) is 3.37. The van der Waals surface area contributed by atoms with Crippen LogP contribution in [0.25, 0.3) is 0 Å². The zero-order valence-electron chi connectivity index (χ0n) is 10.5. The highest BCUT2D eigenvalue weighted by atomic mass is 16.5. The first-order valence-corrected chi connectivity index (χ1v) is 6.93. The van der Waals surface area contributed by atoms with Crippen LogP contribution in [0.15, 0.2) is 0 Å². The molecule has 1 amide bonds. The standard InChI is InChI=1S/C13H22N2O2/c1-9-10(5-6-14-9)13(16)15-7-8-17-12-4-2-3-11(12)15/h9-12,14H,2-8H2,1H3. The lowest BCUT2D eigenvalue weighted by molar-refractivity contribution is -0.148. The van der Waals surface area contributed by atoms with Crippen LogP contribution in [-0.4, -0.2) is 48.7 Å². The van der Waals surface area contributed by atoms with Gasteiger partial charge in [-0.25, -0.2) is 0 Å². The highest BCUT2D eigenvalue weighted by Crippen LogP contribution is 2.31. The Balaban J connectivity index is 1.72. The van der Waals surface area contributed by atoms with Crippen molar-refractivity contribution in [2.24, 2.45) is 5.92 Å². The van der Waals surface area contributed by atoms with E-state index in [0.29, 0.717) is 24.1 Å². The van der Waals surface area contributed by atoms with E-state index in [2.05, 4.69) is 17.1 Å². The topological polar surface area (TPSA) is 41.6 Å². The Bertz CT molecular complexity index is 308. The molecule has 1 saturated carbocycles. The summed E-state index contributed by atoms with van der Waals surface area (Å²) in [6.45, 7) is 4.63. The molecule has 4 heteroatoms. The van der Waals surface area contributed by atoms with Crippen molar-refractivity contribution < 1.29 is 9.53 Å². The predicted octanol–water partition coefficient (Wildman–Crippen LogP) is 0.764. The van der Waals surface area contributed by atoms with Crippen molar-refractivity contribution in [1.29, 1.82) is 0 Å². The number of ether oxygens (including phenoxy) is 1. The highest BCUT2D eigenvalue weighted by molar-refractivity contribution is 5.80. The van der Waals surface area contributed by atoms with Gasteiger partial charge in [0.05, 0.1) is 24.7 Å². The van der Waals surface area contributed by atoms with Gasteiger partial charge in [0.2, 0.25) is 5.91 Å². The number of amides is 1. The van der Waals surface area contributed by atoms with E-state index in [-0.39, 0.29) is 5.92 Å². The van der Waals surface area contributed by atoms with Gasteiger partial charge in [-0.3, -0.25) is 4.79 Å². The van der Waals surface area contributed by atoms with E-state index in [1.165, 1.54) is 6.42 Å². The molecule has 2 aliphatic heterocycles.